The summed E-state index contributed by atoms with van der Waals surface area (Å²) in [6.07, 6.45) is 4.56. The van der Waals surface area contributed by atoms with Crippen molar-refractivity contribution in [3.8, 4) is 5.75 Å². The molecule has 1 aliphatic heterocycles. The summed E-state index contributed by atoms with van der Waals surface area (Å²) in [6, 6.07) is 19.2. The van der Waals surface area contributed by atoms with Crippen LogP contribution in [0.5, 0.6) is 5.75 Å². The Hall–Kier alpha value is -3.05. The van der Waals surface area contributed by atoms with Crippen LogP contribution in [0.15, 0.2) is 71.7 Å². The SMILES string of the molecule is Cn1cc(OCc2cccc(Cl)c2)c(=O)cc1C(=O)N1CCC(Cc2ccccc2)CC1. The maximum atomic E-state index is 13.1. The quantitative estimate of drug-likeness (QED) is 0.546. The molecule has 0 atom stereocenters. The molecule has 0 N–H and O–H groups in total. The number of carbonyl (C=O) groups excluding carboxylic acids is 1. The Morgan fingerprint density at radius 1 is 1.03 bits per heavy atom. The van der Waals surface area contributed by atoms with Crippen molar-refractivity contribution in [3.63, 3.8) is 0 Å². The number of hydrogen-bond acceptors (Lipinski definition) is 3. The number of aryl methyl sites for hydroxylation is 1. The van der Waals surface area contributed by atoms with Crippen molar-refractivity contribution in [3.05, 3.63) is 98.9 Å². The predicted molar refractivity (Wildman–Crippen MR) is 126 cm³/mol. The van der Waals surface area contributed by atoms with Crippen LogP contribution >= 0.6 is 11.6 Å². The molecule has 0 bridgehead atoms. The highest BCUT2D eigenvalue weighted by molar-refractivity contribution is 6.30. The monoisotopic (exact) mass is 450 g/mol. The molecule has 0 aliphatic carbocycles. The number of pyridine rings is 1. The molecular formula is C26H27ClN2O3. The number of aromatic nitrogens is 1. The van der Waals surface area contributed by atoms with E-state index >= 15 is 0 Å². The fraction of sp³-hybridized carbons (Fsp3) is 0.308. The minimum atomic E-state index is -0.299. The summed E-state index contributed by atoms with van der Waals surface area (Å²) in [6.45, 7) is 1.65. The van der Waals surface area contributed by atoms with E-state index in [9.17, 15) is 9.59 Å². The van der Waals surface area contributed by atoms with Gasteiger partial charge in [0.15, 0.2) is 5.75 Å². The molecule has 1 fully saturated rings. The van der Waals surface area contributed by atoms with Crippen molar-refractivity contribution in [2.75, 3.05) is 13.1 Å². The van der Waals surface area contributed by atoms with Gasteiger partial charge in [0.1, 0.15) is 12.3 Å². The second-order valence-electron chi connectivity index (χ2n) is 8.34. The van der Waals surface area contributed by atoms with E-state index in [2.05, 4.69) is 24.3 Å². The van der Waals surface area contributed by atoms with Crippen molar-refractivity contribution < 1.29 is 9.53 Å². The highest BCUT2D eigenvalue weighted by Crippen LogP contribution is 2.23. The van der Waals surface area contributed by atoms with E-state index in [1.165, 1.54) is 11.6 Å². The number of benzene rings is 2. The number of carbonyl (C=O) groups is 1. The number of hydrogen-bond donors (Lipinski definition) is 0. The molecule has 0 spiro atoms. The molecule has 0 unspecified atom stereocenters. The number of piperidine rings is 1. The van der Waals surface area contributed by atoms with Crippen molar-refractivity contribution in [2.45, 2.75) is 25.9 Å². The molecule has 0 radical (unpaired) electrons. The Labute approximate surface area is 193 Å². The Bertz CT molecular complexity index is 1140. The zero-order valence-corrected chi connectivity index (χ0v) is 18.9. The smallest absolute Gasteiger partial charge is 0.270 e. The Morgan fingerprint density at radius 3 is 2.47 bits per heavy atom. The fourth-order valence-corrected chi connectivity index (χ4v) is 4.38. The molecule has 4 rings (SSSR count). The first-order valence-electron chi connectivity index (χ1n) is 10.9. The van der Waals surface area contributed by atoms with E-state index in [-0.39, 0.29) is 23.7 Å². The van der Waals surface area contributed by atoms with Gasteiger partial charge in [-0.3, -0.25) is 9.59 Å². The number of likely N-dealkylation sites (tertiary alicyclic amines) is 1. The van der Waals surface area contributed by atoms with Crippen LogP contribution in [0.1, 0.15) is 34.5 Å². The lowest BCUT2D eigenvalue weighted by Gasteiger charge is -2.32. The van der Waals surface area contributed by atoms with Crippen molar-refractivity contribution in [1.29, 1.82) is 0 Å². The summed E-state index contributed by atoms with van der Waals surface area (Å²) in [5.41, 5.74) is 2.30. The van der Waals surface area contributed by atoms with Gasteiger partial charge < -0.3 is 14.2 Å². The summed E-state index contributed by atoms with van der Waals surface area (Å²) in [5.74, 6) is 0.683. The summed E-state index contributed by atoms with van der Waals surface area (Å²) in [7, 11) is 1.76. The molecule has 32 heavy (non-hydrogen) atoms. The van der Waals surface area contributed by atoms with Crippen LogP contribution in [0.25, 0.3) is 0 Å². The van der Waals surface area contributed by atoms with Crippen LogP contribution < -0.4 is 10.2 Å². The molecule has 3 aromatic rings. The number of amides is 1. The molecule has 5 nitrogen and oxygen atoms in total. The van der Waals surface area contributed by atoms with Gasteiger partial charge in [0, 0.05) is 31.2 Å². The van der Waals surface area contributed by atoms with E-state index in [4.69, 9.17) is 16.3 Å². The normalized spacial score (nSPS) is 14.4. The zero-order valence-electron chi connectivity index (χ0n) is 18.2. The second kappa shape index (κ2) is 10.0. The predicted octanol–water partition coefficient (Wildman–Crippen LogP) is 4.71. The minimum Gasteiger partial charge on any atom is -0.483 e. The molecule has 1 saturated heterocycles. The molecule has 2 heterocycles. The van der Waals surface area contributed by atoms with E-state index in [1.54, 1.807) is 29.9 Å². The van der Waals surface area contributed by atoms with Crippen LogP contribution in [0.2, 0.25) is 5.02 Å². The third kappa shape index (κ3) is 5.40. The van der Waals surface area contributed by atoms with E-state index in [0.717, 1.165) is 24.8 Å². The maximum Gasteiger partial charge on any atom is 0.270 e. The topological polar surface area (TPSA) is 51.5 Å². The van der Waals surface area contributed by atoms with Crippen molar-refractivity contribution in [1.82, 2.24) is 9.47 Å². The molecule has 2 aromatic carbocycles. The van der Waals surface area contributed by atoms with Gasteiger partial charge in [0.25, 0.3) is 5.91 Å². The van der Waals surface area contributed by atoms with E-state index in [1.807, 2.05) is 23.1 Å². The van der Waals surface area contributed by atoms with Gasteiger partial charge in [0.2, 0.25) is 5.43 Å². The number of nitrogens with zero attached hydrogens (tertiary/aromatic N) is 2. The molecule has 1 aliphatic rings. The Balaban J connectivity index is 1.37. The number of rotatable bonds is 6. The lowest BCUT2D eigenvalue weighted by atomic mass is 9.90. The first kappa shape index (κ1) is 22.2. The highest BCUT2D eigenvalue weighted by Gasteiger charge is 2.25. The number of ether oxygens (including phenoxy) is 1. The minimum absolute atomic E-state index is 0.107. The largest absolute Gasteiger partial charge is 0.483 e. The average Bonchev–Trinajstić information content (AvgIpc) is 2.80. The molecule has 0 saturated carbocycles. The zero-order chi connectivity index (χ0) is 22.5. The van der Waals surface area contributed by atoms with E-state index in [0.29, 0.717) is 29.7 Å². The van der Waals surface area contributed by atoms with Crippen LogP contribution in [-0.4, -0.2) is 28.5 Å². The molecular weight excluding hydrogens is 424 g/mol. The van der Waals surface area contributed by atoms with Gasteiger partial charge >= 0.3 is 0 Å². The number of halogens is 1. The summed E-state index contributed by atoms with van der Waals surface area (Å²) in [4.78, 5) is 27.5. The van der Waals surface area contributed by atoms with Crippen LogP contribution in [0.3, 0.4) is 0 Å². The third-order valence-corrected chi connectivity index (χ3v) is 6.21. The van der Waals surface area contributed by atoms with Gasteiger partial charge in [-0.25, -0.2) is 0 Å². The summed E-state index contributed by atoms with van der Waals surface area (Å²) >= 11 is 6.00. The van der Waals surface area contributed by atoms with Gasteiger partial charge in [-0.05, 0) is 48.4 Å². The first-order valence-corrected chi connectivity index (χ1v) is 11.3. The Morgan fingerprint density at radius 2 is 1.75 bits per heavy atom. The lowest BCUT2D eigenvalue weighted by Crippen LogP contribution is -2.40. The molecule has 1 amide bonds. The lowest BCUT2D eigenvalue weighted by molar-refractivity contribution is 0.0679. The van der Waals surface area contributed by atoms with Crippen LogP contribution in [0, 0.1) is 5.92 Å². The summed E-state index contributed by atoms with van der Waals surface area (Å²) < 4.78 is 7.37. The standard InChI is InChI=1S/C26H27ClN2O3/c1-28-17-25(32-18-21-8-5-9-22(27)15-21)24(30)16-23(28)26(31)29-12-10-20(11-13-29)14-19-6-3-2-4-7-19/h2-9,15-17,20H,10-14,18H2,1H3. The Kier molecular flexibility index (Phi) is 6.96. The van der Waals surface area contributed by atoms with Crippen molar-refractivity contribution in [2.24, 2.45) is 13.0 Å². The van der Waals surface area contributed by atoms with Crippen LogP contribution in [-0.2, 0) is 20.1 Å². The third-order valence-electron chi connectivity index (χ3n) is 5.97. The van der Waals surface area contributed by atoms with Gasteiger partial charge in [-0.15, -0.1) is 0 Å². The van der Waals surface area contributed by atoms with Gasteiger partial charge in [-0.2, -0.15) is 0 Å². The summed E-state index contributed by atoms with van der Waals surface area (Å²) in [5, 5.41) is 0.618. The van der Waals surface area contributed by atoms with Gasteiger partial charge in [0.05, 0.1) is 6.20 Å². The second-order valence-corrected chi connectivity index (χ2v) is 8.78. The fourth-order valence-electron chi connectivity index (χ4n) is 4.16. The van der Waals surface area contributed by atoms with Gasteiger partial charge in [-0.1, -0.05) is 54.1 Å². The average molecular weight is 451 g/mol. The first-order chi connectivity index (χ1) is 15.5. The highest BCUT2D eigenvalue weighted by atomic mass is 35.5. The van der Waals surface area contributed by atoms with Crippen molar-refractivity contribution >= 4 is 17.5 Å². The molecule has 1 aromatic heterocycles. The maximum absolute atomic E-state index is 13.1. The molecule has 166 valence electrons. The van der Waals surface area contributed by atoms with Crippen LogP contribution in [0.4, 0.5) is 0 Å². The molecule has 6 heteroatoms. The van der Waals surface area contributed by atoms with E-state index < -0.39 is 0 Å².